The van der Waals surface area contributed by atoms with Crippen molar-refractivity contribution in [2.45, 2.75) is 31.2 Å². The van der Waals surface area contributed by atoms with Crippen molar-refractivity contribution in [2.75, 3.05) is 10.6 Å². The van der Waals surface area contributed by atoms with E-state index in [-0.39, 0.29) is 22.7 Å². The zero-order valence-electron chi connectivity index (χ0n) is 17.0. The van der Waals surface area contributed by atoms with Gasteiger partial charge in [-0.1, -0.05) is 30.0 Å². The van der Waals surface area contributed by atoms with Crippen LogP contribution in [0.2, 0.25) is 0 Å². The largest absolute Gasteiger partial charge is 0.325 e. The fourth-order valence-electron chi connectivity index (χ4n) is 2.76. The van der Waals surface area contributed by atoms with Gasteiger partial charge >= 0.3 is 0 Å². The summed E-state index contributed by atoms with van der Waals surface area (Å²) in [5.41, 5.74) is 1.73. The summed E-state index contributed by atoms with van der Waals surface area (Å²) in [6.45, 7) is 4.83. The third kappa shape index (κ3) is 5.54. The Morgan fingerprint density at radius 3 is 2.45 bits per heavy atom. The Balaban J connectivity index is 1.78. The molecule has 0 bridgehead atoms. The topological polar surface area (TPSA) is 117 Å². The van der Waals surface area contributed by atoms with Gasteiger partial charge < -0.3 is 10.6 Å². The molecular formula is C21H20FN5O3S. The Kier molecular flexibility index (Phi) is 6.81. The third-order valence-corrected chi connectivity index (χ3v) is 5.25. The van der Waals surface area contributed by atoms with E-state index in [0.29, 0.717) is 16.9 Å². The van der Waals surface area contributed by atoms with E-state index in [1.165, 1.54) is 31.2 Å². The van der Waals surface area contributed by atoms with Crippen LogP contribution in [0.3, 0.4) is 0 Å². The van der Waals surface area contributed by atoms with Gasteiger partial charge in [-0.25, -0.2) is 4.39 Å². The highest BCUT2D eigenvalue weighted by Crippen LogP contribution is 2.28. The number of aromatic nitrogens is 3. The van der Waals surface area contributed by atoms with Crippen molar-refractivity contribution >= 4 is 35.0 Å². The van der Waals surface area contributed by atoms with E-state index in [0.717, 1.165) is 17.3 Å². The number of carbonyl (C=O) groups excluding carboxylic acids is 2. The van der Waals surface area contributed by atoms with Gasteiger partial charge in [0.15, 0.2) is 10.9 Å². The summed E-state index contributed by atoms with van der Waals surface area (Å²) in [5.74, 6) is -1.01. The molecule has 2 aromatic carbocycles. The SMILES string of the molecule is CC(=O)Nc1c(C)cccc1-c1nnc(SC(C)C(=O)Nc2ccc(F)cc2)[nH]c1=O. The molecule has 10 heteroatoms. The normalized spacial score (nSPS) is 11.6. The molecule has 0 fully saturated rings. The highest BCUT2D eigenvalue weighted by atomic mass is 32.2. The standard InChI is InChI=1S/C21H20FN5O3S/c1-11-5-4-6-16(17(11)23-13(3)28)18-20(30)25-21(27-26-18)31-12(2)19(29)24-15-9-7-14(22)8-10-15/h4-10,12H,1-3H3,(H,23,28)(H,24,29)(H,25,27,30). The fraction of sp³-hybridized carbons (Fsp3) is 0.190. The van der Waals surface area contributed by atoms with Crippen LogP contribution in [0, 0.1) is 12.7 Å². The quantitative estimate of drug-likeness (QED) is 0.505. The molecule has 2 amide bonds. The van der Waals surface area contributed by atoms with E-state index in [1.54, 1.807) is 19.1 Å². The minimum atomic E-state index is -0.602. The maximum Gasteiger partial charge on any atom is 0.278 e. The van der Waals surface area contributed by atoms with Crippen LogP contribution in [0.4, 0.5) is 15.8 Å². The van der Waals surface area contributed by atoms with Crippen LogP contribution in [0.5, 0.6) is 0 Å². The lowest BCUT2D eigenvalue weighted by molar-refractivity contribution is -0.115. The van der Waals surface area contributed by atoms with Gasteiger partial charge in [0.25, 0.3) is 5.56 Å². The first-order chi connectivity index (χ1) is 14.7. The molecule has 0 radical (unpaired) electrons. The van der Waals surface area contributed by atoms with E-state index >= 15 is 0 Å². The second-order valence-electron chi connectivity index (χ2n) is 6.74. The van der Waals surface area contributed by atoms with Crippen molar-refractivity contribution in [3.8, 4) is 11.3 Å². The van der Waals surface area contributed by atoms with Crippen LogP contribution in [0.25, 0.3) is 11.3 Å². The minimum Gasteiger partial charge on any atom is -0.325 e. The number of hydrogen-bond acceptors (Lipinski definition) is 6. The number of aromatic amines is 1. The maximum absolute atomic E-state index is 13.0. The number of nitrogens with one attached hydrogen (secondary N) is 3. The first kappa shape index (κ1) is 22.2. The molecule has 8 nitrogen and oxygen atoms in total. The number of aryl methyl sites for hydroxylation is 1. The monoisotopic (exact) mass is 441 g/mol. The number of amides is 2. The Morgan fingerprint density at radius 2 is 1.81 bits per heavy atom. The Hall–Kier alpha value is -3.53. The van der Waals surface area contributed by atoms with Crippen molar-refractivity contribution < 1.29 is 14.0 Å². The highest BCUT2D eigenvalue weighted by molar-refractivity contribution is 8.00. The second kappa shape index (κ2) is 9.52. The summed E-state index contributed by atoms with van der Waals surface area (Å²) < 4.78 is 13.0. The lowest BCUT2D eigenvalue weighted by Gasteiger charge is -2.13. The van der Waals surface area contributed by atoms with Gasteiger partial charge in [0, 0.05) is 18.2 Å². The average Bonchev–Trinajstić information content (AvgIpc) is 2.71. The van der Waals surface area contributed by atoms with Crippen LogP contribution >= 0.6 is 11.8 Å². The van der Waals surface area contributed by atoms with Crippen molar-refractivity contribution in [2.24, 2.45) is 0 Å². The molecule has 3 N–H and O–H groups in total. The van der Waals surface area contributed by atoms with Crippen LogP contribution in [-0.4, -0.2) is 32.2 Å². The van der Waals surface area contributed by atoms with Crippen LogP contribution in [0.1, 0.15) is 19.4 Å². The molecule has 0 aliphatic carbocycles. The molecule has 1 atom stereocenters. The molecule has 1 heterocycles. The molecule has 0 spiro atoms. The number of thioether (sulfide) groups is 1. The third-order valence-electron chi connectivity index (χ3n) is 4.27. The summed E-state index contributed by atoms with van der Waals surface area (Å²) >= 11 is 1.03. The Bertz CT molecular complexity index is 1180. The van der Waals surface area contributed by atoms with E-state index < -0.39 is 16.6 Å². The van der Waals surface area contributed by atoms with Crippen LogP contribution < -0.4 is 16.2 Å². The van der Waals surface area contributed by atoms with Gasteiger partial charge in [-0.05, 0) is 43.7 Å². The van der Waals surface area contributed by atoms with E-state index in [4.69, 9.17) is 0 Å². The van der Waals surface area contributed by atoms with Crippen molar-refractivity contribution in [1.29, 1.82) is 0 Å². The molecule has 3 aromatic rings. The van der Waals surface area contributed by atoms with E-state index in [2.05, 4.69) is 25.8 Å². The van der Waals surface area contributed by atoms with Crippen LogP contribution in [0.15, 0.2) is 52.4 Å². The molecule has 0 aliphatic rings. The van der Waals surface area contributed by atoms with Crippen molar-refractivity contribution in [1.82, 2.24) is 15.2 Å². The molecule has 1 aromatic heterocycles. The average molecular weight is 441 g/mol. The van der Waals surface area contributed by atoms with Crippen molar-refractivity contribution in [3.05, 3.63) is 64.2 Å². The number of benzene rings is 2. The zero-order chi connectivity index (χ0) is 22.5. The fourth-order valence-corrected chi connectivity index (χ4v) is 3.50. The van der Waals surface area contributed by atoms with Gasteiger partial charge in [-0.3, -0.25) is 19.4 Å². The predicted octanol–water partition coefficient (Wildman–Crippen LogP) is 3.36. The molecule has 3 rings (SSSR count). The number of rotatable bonds is 6. The molecule has 0 saturated heterocycles. The summed E-state index contributed by atoms with van der Waals surface area (Å²) in [5, 5.41) is 13.0. The number of carbonyl (C=O) groups is 2. The number of nitrogens with zero attached hydrogens (tertiary/aromatic N) is 2. The predicted molar refractivity (Wildman–Crippen MR) is 117 cm³/mol. The molecular weight excluding hydrogens is 421 g/mol. The summed E-state index contributed by atoms with van der Waals surface area (Å²) in [6, 6.07) is 10.6. The lowest BCUT2D eigenvalue weighted by atomic mass is 10.1. The maximum atomic E-state index is 13.0. The molecule has 160 valence electrons. The van der Waals surface area contributed by atoms with Gasteiger partial charge in [-0.2, -0.15) is 0 Å². The van der Waals surface area contributed by atoms with Gasteiger partial charge in [0.2, 0.25) is 11.8 Å². The molecule has 1 unspecified atom stereocenters. The number of para-hydroxylation sites is 1. The molecule has 0 aliphatic heterocycles. The minimum absolute atomic E-state index is 0.0558. The smallest absolute Gasteiger partial charge is 0.278 e. The van der Waals surface area contributed by atoms with Gasteiger partial charge in [0.1, 0.15) is 5.82 Å². The Labute approximate surface area is 181 Å². The van der Waals surface area contributed by atoms with Gasteiger partial charge in [0.05, 0.1) is 10.9 Å². The number of hydrogen-bond donors (Lipinski definition) is 3. The summed E-state index contributed by atoms with van der Waals surface area (Å²) in [7, 11) is 0. The Morgan fingerprint density at radius 1 is 1.10 bits per heavy atom. The van der Waals surface area contributed by atoms with Gasteiger partial charge in [-0.15, -0.1) is 10.2 Å². The first-order valence-corrected chi connectivity index (χ1v) is 10.2. The summed E-state index contributed by atoms with van der Waals surface area (Å²) in [6.07, 6.45) is 0. The highest BCUT2D eigenvalue weighted by Gasteiger charge is 2.19. The summed E-state index contributed by atoms with van der Waals surface area (Å²) in [4.78, 5) is 39.1. The zero-order valence-corrected chi connectivity index (χ0v) is 17.8. The number of anilines is 2. The first-order valence-electron chi connectivity index (χ1n) is 9.32. The lowest BCUT2D eigenvalue weighted by Crippen LogP contribution is -2.23. The molecule has 31 heavy (non-hydrogen) atoms. The van der Waals surface area contributed by atoms with Crippen molar-refractivity contribution in [3.63, 3.8) is 0 Å². The molecule has 0 saturated carbocycles. The van der Waals surface area contributed by atoms with E-state index in [9.17, 15) is 18.8 Å². The number of halogens is 1. The second-order valence-corrected chi connectivity index (χ2v) is 8.07. The number of H-pyrrole nitrogens is 1. The van der Waals surface area contributed by atoms with E-state index in [1.807, 2.05) is 13.0 Å². The van der Waals surface area contributed by atoms with Crippen LogP contribution in [-0.2, 0) is 9.59 Å².